The van der Waals surface area contributed by atoms with Gasteiger partial charge in [0.25, 0.3) is 0 Å². The smallest absolute Gasteiger partial charge is 0.155 e. The van der Waals surface area contributed by atoms with Crippen LogP contribution in [-0.4, -0.2) is 5.78 Å². The highest BCUT2D eigenvalue weighted by Crippen LogP contribution is 1.96. The number of rotatable bonds is 4. The zero-order valence-electron chi connectivity index (χ0n) is 6.68. The summed E-state index contributed by atoms with van der Waals surface area (Å²) in [5.41, 5.74) is 1.06. The summed E-state index contributed by atoms with van der Waals surface area (Å²) in [5.74, 6) is 0.194. The van der Waals surface area contributed by atoms with Gasteiger partial charge in [-0.2, -0.15) is 0 Å². The maximum atomic E-state index is 10.9. The van der Waals surface area contributed by atoms with Gasteiger partial charge in [0.1, 0.15) is 0 Å². The Labute approximate surface area is 62.4 Å². The molecule has 0 spiro atoms. The summed E-state index contributed by atoms with van der Waals surface area (Å²) in [6, 6.07) is 0. The van der Waals surface area contributed by atoms with Crippen LogP contribution in [0.25, 0.3) is 0 Å². The van der Waals surface area contributed by atoms with Crippen molar-refractivity contribution in [3.63, 3.8) is 0 Å². The molecular formula is C9H14O. The Morgan fingerprint density at radius 1 is 1.50 bits per heavy atom. The van der Waals surface area contributed by atoms with Gasteiger partial charge in [-0.05, 0) is 26.3 Å². The summed E-state index contributed by atoms with van der Waals surface area (Å²) in [5, 5.41) is 0. The normalized spacial score (nSPS) is 8.60. The first-order valence-electron chi connectivity index (χ1n) is 3.45. The van der Waals surface area contributed by atoms with Crippen LogP contribution >= 0.6 is 0 Å². The fourth-order valence-corrected chi connectivity index (χ4v) is 0.638. The number of ketones is 1. The lowest BCUT2D eigenvalue weighted by Crippen LogP contribution is -1.91. The Morgan fingerprint density at radius 3 is 2.50 bits per heavy atom. The van der Waals surface area contributed by atoms with Crippen LogP contribution in [0.5, 0.6) is 0 Å². The van der Waals surface area contributed by atoms with Crippen molar-refractivity contribution in [2.75, 3.05) is 0 Å². The molecule has 0 saturated carbocycles. The Bertz CT molecular complexity index is 150. The highest BCUT2D eigenvalue weighted by atomic mass is 16.1. The first kappa shape index (κ1) is 9.15. The van der Waals surface area contributed by atoms with E-state index in [1.54, 1.807) is 12.2 Å². The maximum Gasteiger partial charge on any atom is 0.155 e. The quantitative estimate of drug-likeness (QED) is 0.431. The molecule has 0 heterocycles. The van der Waals surface area contributed by atoms with Crippen LogP contribution in [0.3, 0.4) is 0 Å². The average Bonchev–Trinajstić information content (AvgIpc) is 1.82. The van der Waals surface area contributed by atoms with E-state index in [1.807, 2.05) is 13.8 Å². The summed E-state index contributed by atoms with van der Waals surface area (Å²) in [7, 11) is 0. The molecule has 0 amide bonds. The van der Waals surface area contributed by atoms with Gasteiger partial charge in [0.15, 0.2) is 5.78 Å². The molecule has 0 saturated heterocycles. The maximum absolute atomic E-state index is 10.9. The van der Waals surface area contributed by atoms with Crippen LogP contribution in [0, 0.1) is 0 Å². The first-order chi connectivity index (χ1) is 4.66. The number of hydrogen-bond donors (Lipinski definition) is 0. The van der Waals surface area contributed by atoms with E-state index in [-0.39, 0.29) is 5.78 Å². The molecule has 0 rings (SSSR count). The first-order valence-corrected chi connectivity index (χ1v) is 3.45. The number of allylic oxidation sites excluding steroid dienone is 3. The van der Waals surface area contributed by atoms with E-state index in [0.29, 0.717) is 6.42 Å². The highest BCUT2D eigenvalue weighted by Gasteiger charge is 1.93. The molecule has 1 heteroatoms. The van der Waals surface area contributed by atoms with Gasteiger partial charge in [-0.15, -0.1) is 6.58 Å². The van der Waals surface area contributed by atoms with Crippen molar-refractivity contribution in [2.24, 2.45) is 0 Å². The molecule has 0 N–H and O–H groups in total. The number of carbonyl (C=O) groups is 1. The van der Waals surface area contributed by atoms with Gasteiger partial charge in [-0.25, -0.2) is 0 Å². The largest absolute Gasteiger partial charge is 0.295 e. The lowest BCUT2D eigenvalue weighted by molar-refractivity contribution is -0.114. The van der Waals surface area contributed by atoms with Crippen LogP contribution in [0.2, 0.25) is 0 Å². The van der Waals surface area contributed by atoms with Crippen molar-refractivity contribution in [3.8, 4) is 0 Å². The molecule has 1 nitrogen and oxygen atoms in total. The van der Waals surface area contributed by atoms with E-state index in [2.05, 4.69) is 6.58 Å². The SMILES string of the molecule is C=CCCC(=O)C=C(C)C. The minimum Gasteiger partial charge on any atom is -0.295 e. The van der Waals surface area contributed by atoms with Crippen LogP contribution in [0.15, 0.2) is 24.3 Å². The third kappa shape index (κ3) is 5.29. The van der Waals surface area contributed by atoms with Crippen molar-refractivity contribution in [3.05, 3.63) is 24.3 Å². The van der Waals surface area contributed by atoms with Gasteiger partial charge in [0, 0.05) is 6.42 Å². The summed E-state index contributed by atoms with van der Waals surface area (Å²) in [4.78, 5) is 10.9. The second kappa shape index (κ2) is 4.98. The lowest BCUT2D eigenvalue weighted by atomic mass is 10.2. The van der Waals surface area contributed by atoms with E-state index in [1.165, 1.54) is 0 Å². The number of carbonyl (C=O) groups excluding carboxylic acids is 1. The van der Waals surface area contributed by atoms with Crippen molar-refractivity contribution in [1.82, 2.24) is 0 Å². The predicted molar refractivity (Wildman–Crippen MR) is 43.9 cm³/mol. The van der Waals surface area contributed by atoms with Crippen molar-refractivity contribution >= 4 is 5.78 Å². The second-order valence-electron chi connectivity index (χ2n) is 2.52. The zero-order chi connectivity index (χ0) is 7.98. The molecule has 0 atom stereocenters. The average molecular weight is 138 g/mol. The Kier molecular flexibility index (Phi) is 4.55. The molecule has 56 valence electrons. The number of hydrogen-bond acceptors (Lipinski definition) is 1. The molecule has 0 radical (unpaired) electrons. The van der Waals surface area contributed by atoms with Crippen LogP contribution in [0.4, 0.5) is 0 Å². The van der Waals surface area contributed by atoms with Crippen LogP contribution < -0.4 is 0 Å². The second-order valence-corrected chi connectivity index (χ2v) is 2.52. The predicted octanol–water partition coefficient (Wildman–Crippen LogP) is 2.49. The lowest BCUT2D eigenvalue weighted by Gasteiger charge is -1.90. The molecule has 0 bridgehead atoms. The van der Waals surface area contributed by atoms with Gasteiger partial charge in [0.2, 0.25) is 0 Å². The monoisotopic (exact) mass is 138 g/mol. The zero-order valence-corrected chi connectivity index (χ0v) is 6.68. The van der Waals surface area contributed by atoms with Crippen molar-refractivity contribution in [2.45, 2.75) is 26.7 Å². The van der Waals surface area contributed by atoms with Gasteiger partial charge >= 0.3 is 0 Å². The molecule has 0 aromatic rings. The Hall–Kier alpha value is -0.850. The minimum absolute atomic E-state index is 0.194. The topological polar surface area (TPSA) is 17.1 Å². The molecule has 0 aliphatic rings. The molecule has 0 aliphatic heterocycles. The summed E-state index contributed by atoms with van der Waals surface area (Å²) >= 11 is 0. The molecule has 0 aromatic carbocycles. The summed E-state index contributed by atoms with van der Waals surface area (Å²) in [6.07, 6.45) is 4.80. The van der Waals surface area contributed by atoms with Crippen molar-refractivity contribution in [1.29, 1.82) is 0 Å². The van der Waals surface area contributed by atoms with E-state index in [9.17, 15) is 4.79 Å². The van der Waals surface area contributed by atoms with E-state index in [4.69, 9.17) is 0 Å². The fourth-order valence-electron chi connectivity index (χ4n) is 0.638. The summed E-state index contributed by atoms with van der Waals surface area (Å²) in [6.45, 7) is 7.38. The van der Waals surface area contributed by atoms with Crippen LogP contribution in [-0.2, 0) is 4.79 Å². The molecular weight excluding hydrogens is 124 g/mol. The Balaban J connectivity index is 3.64. The van der Waals surface area contributed by atoms with E-state index < -0.39 is 0 Å². The van der Waals surface area contributed by atoms with Crippen molar-refractivity contribution < 1.29 is 4.79 Å². The molecule has 0 aromatic heterocycles. The molecule has 10 heavy (non-hydrogen) atoms. The van der Waals surface area contributed by atoms with Gasteiger partial charge in [-0.1, -0.05) is 11.6 Å². The van der Waals surface area contributed by atoms with Crippen LogP contribution in [0.1, 0.15) is 26.7 Å². The minimum atomic E-state index is 0.194. The standard InChI is InChI=1S/C9H14O/c1-4-5-6-9(10)7-8(2)3/h4,7H,1,5-6H2,2-3H3. The highest BCUT2D eigenvalue weighted by molar-refractivity contribution is 5.90. The van der Waals surface area contributed by atoms with Gasteiger partial charge < -0.3 is 0 Å². The molecule has 0 fully saturated rings. The molecule has 0 unspecified atom stereocenters. The fraction of sp³-hybridized carbons (Fsp3) is 0.444. The van der Waals surface area contributed by atoms with E-state index >= 15 is 0 Å². The Morgan fingerprint density at radius 2 is 2.10 bits per heavy atom. The van der Waals surface area contributed by atoms with E-state index in [0.717, 1.165) is 12.0 Å². The molecule has 0 aliphatic carbocycles. The third-order valence-corrected chi connectivity index (χ3v) is 1.04. The van der Waals surface area contributed by atoms with Gasteiger partial charge in [-0.3, -0.25) is 4.79 Å². The summed E-state index contributed by atoms with van der Waals surface area (Å²) < 4.78 is 0. The third-order valence-electron chi connectivity index (χ3n) is 1.04. The van der Waals surface area contributed by atoms with Gasteiger partial charge in [0.05, 0.1) is 0 Å².